The Morgan fingerprint density at radius 2 is 1.74 bits per heavy atom. The monoisotopic (exact) mass is 363 g/mol. The van der Waals surface area contributed by atoms with Crippen molar-refractivity contribution in [3.05, 3.63) is 81.9 Å². The lowest BCUT2D eigenvalue weighted by Crippen LogP contribution is -2.28. The maximum Gasteiger partial charge on any atom is 0.270 e. The summed E-state index contributed by atoms with van der Waals surface area (Å²) < 4.78 is 0. The number of carbonyl (C=O) groups is 1. The molecule has 1 unspecified atom stereocenters. The minimum absolute atomic E-state index is 0.107. The van der Waals surface area contributed by atoms with E-state index in [1.165, 1.54) is 12.1 Å². The van der Waals surface area contributed by atoms with E-state index in [-0.39, 0.29) is 23.2 Å². The SMILES string of the molecule is CC(NC(=O)c1cc([N+](=O)[O-])ccc1N(C)C)c1ccc2ccccc2c1. The molecule has 0 aliphatic carbocycles. The Balaban J connectivity index is 1.89. The fourth-order valence-corrected chi connectivity index (χ4v) is 3.04. The van der Waals surface area contributed by atoms with Crippen molar-refractivity contribution in [3.8, 4) is 0 Å². The number of anilines is 1. The molecular formula is C21H21N3O3. The third-order valence-electron chi connectivity index (χ3n) is 4.54. The molecule has 0 aromatic heterocycles. The van der Waals surface area contributed by atoms with E-state index in [1.54, 1.807) is 25.1 Å². The number of rotatable bonds is 5. The average Bonchev–Trinajstić information content (AvgIpc) is 2.66. The summed E-state index contributed by atoms with van der Waals surface area (Å²) in [5, 5.41) is 16.3. The predicted octanol–water partition coefficient (Wildman–Crippen LogP) is 4.31. The Hall–Kier alpha value is -3.41. The zero-order chi connectivity index (χ0) is 19.6. The smallest absolute Gasteiger partial charge is 0.270 e. The molecule has 6 nitrogen and oxygen atoms in total. The van der Waals surface area contributed by atoms with Gasteiger partial charge in [-0.25, -0.2) is 0 Å². The summed E-state index contributed by atoms with van der Waals surface area (Å²) in [6, 6.07) is 18.1. The minimum Gasteiger partial charge on any atom is -0.377 e. The van der Waals surface area contributed by atoms with E-state index in [0.717, 1.165) is 16.3 Å². The Kier molecular flexibility index (Phi) is 5.07. The first-order valence-corrected chi connectivity index (χ1v) is 8.62. The molecule has 0 heterocycles. The molecule has 0 spiro atoms. The highest BCUT2D eigenvalue weighted by Gasteiger charge is 2.20. The molecule has 3 aromatic rings. The van der Waals surface area contributed by atoms with Gasteiger partial charge in [0.15, 0.2) is 0 Å². The summed E-state index contributed by atoms with van der Waals surface area (Å²) in [6.45, 7) is 1.90. The van der Waals surface area contributed by atoms with Crippen molar-refractivity contribution in [1.82, 2.24) is 5.32 Å². The van der Waals surface area contributed by atoms with Crippen LogP contribution in [0.5, 0.6) is 0 Å². The maximum atomic E-state index is 12.8. The highest BCUT2D eigenvalue weighted by atomic mass is 16.6. The molecule has 0 aliphatic rings. The van der Waals surface area contributed by atoms with Crippen LogP contribution in [0.2, 0.25) is 0 Å². The molecule has 0 fully saturated rings. The van der Waals surface area contributed by atoms with Gasteiger partial charge in [-0.05, 0) is 35.4 Å². The van der Waals surface area contributed by atoms with E-state index in [4.69, 9.17) is 0 Å². The van der Waals surface area contributed by atoms with Gasteiger partial charge in [-0.2, -0.15) is 0 Å². The number of hydrogen-bond donors (Lipinski definition) is 1. The molecule has 3 aromatic carbocycles. The van der Waals surface area contributed by atoms with Gasteiger partial charge in [0.1, 0.15) is 0 Å². The first kappa shape index (κ1) is 18.4. The zero-order valence-electron chi connectivity index (χ0n) is 15.5. The van der Waals surface area contributed by atoms with Crippen molar-refractivity contribution in [1.29, 1.82) is 0 Å². The van der Waals surface area contributed by atoms with Crippen LogP contribution in [0.15, 0.2) is 60.7 Å². The van der Waals surface area contributed by atoms with Crippen molar-refractivity contribution >= 4 is 28.1 Å². The number of non-ortho nitro benzene ring substituents is 1. The van der Waals surface area contributed by atoms with Crippen LogP contribution < -0.4 is 10.2 Å². The van der Waals surface area contributed by atoms with Crippen LogP contribution in [-0.2, 0) is 0 Å². The van der Waals surface area contributed by atoms with Gasteiger partial charge >= 0.3 is 0 Å². The van der Waals surface area contributed by atoms with Gasteiger partial charge in [-0.3, -0.25) is 14.9 Å². The molecule has 27 heavy (non-hydrogen) atoms. The second-order valence-corrected chi connectivity index (χ2v) is 6.65. The summed E-state index contributed by atoms with van der Waals surface area (Å²) >= 11 is 0. The van der Waals surface area contributed by atoms with Crippen LogP contribution in [0, 0.1) is 10.1 Å². The highest BCUT2D eigenvalue weighted by molar-refractivity contribution is 6.00. The lowest BCUT2D eigenvalue weighted by atomic mass is 10.0. The quantitative estimate of drug-likeness (QED) is 0.541. The van der Waals surface area contributed by atoms with Crippen molar-refractivity contribution in [3.63, 3.8) is 0 Å². The van der Waals surface area contributed by atoms with E-state index in [0.29, 0.717) is 5.69 Å². The zero-order valence-corrected chi connectivity index (χ0v) is 15.5. The van der Waals surface area contributed by atoms with Crippen LogP contribution in [0.4, 0.5) is 11.4 Å². The largest absolute Gasteiger partial charge is 0.377 e. The molecule has 0 aliphatic heterocycles. The number of nitro benzene ring substituents is 1. The van der Waals surface area contributed by atoms with Gasteiger partial charge in [0.2, 0.25) is 0 Å². The molecule has 1 atom stereocenters. The minimum atomic E-state index is -0.497. The highest BCUT2D eigenvalue weighted by Crippen LogP contribution is 2.26. The van der Waals surface area contributed by atoms with Gasteiger partial charge < -0.3 is 10.2 Å². The number of hydrogen-bond acceptors (Lipinski definition) is 4. The van der Waals surface area contributed by atoms with Crippen LogP contribution in [0.1, 0.15) is 28.9 Å². The van der Waals surface area contributed by atoms with Crippen molar-refractivity contribution in [2.45, 2.75) is 13.0 Å². The van der Waals surface area contributed by atoms with E-state index in [9.17, 15) is 14.9 Å². The first-order chi connectivity index (χ1) is 12.9. The fraction of sp³-hybridized carbons (Fsp3) is 0.190. The lowest BCUT2D eigenvalue weighted by molar-refractivity contribution is -0.384. The molecule has 0 radical (unpaired) electrons. The normalized spacial score (nSPS) is 11.8. The van der Waals surface area contributed by atoms with E-state index in [1.807, 2.05) is 49.4 Å². The Bertz CT molecular complexity index is 1010. The van der Waals surface area contributed by atoms with Gasteiger partial charge in [-0.1, -0.05) is 36.4 Å². The summed E-state index contributed by atoms with van der Waals surface area (Å²) in [4.78, 5) is 25.2. The van der Waals surface area contributed by atoms with Crippen LogP contribution in [0.25, 0.3) is 10.8 Å². The molecule has 138 valence electrons. The molecule has 1 N–H and O–H groups in total. The average molecular weight is 363 g/mol. The van der Waals surface area contributed by atoms with E-state index >= 15 is 0 Å². The number of benzene rings is 3. The second-order valence-electron chi connectivity index (χ2n) is 6.65. The standard InChI is InChI=1S/C21H21N3O3/c1-14(16-9-8-15-6-4-5-7-17(15)12-16)22-21(25)19-13-18(24(26)27)10-11-20(19)23(2)3/h4-14H,1-3H3,(H,22,25). The van der Waals surface area contributed by atoms with Crippen LogP contribution in [0.3, 0.4) is 0 Å². The van der Waals surface area contributed by atoms with Gasteiger partial charge in [0, 0.05) is 31.9 Å². The maximum absolute atomic E-state index is 12.8. The molecule has 0 saturated carbocycles. The lowest BCUT2D eigenvalue weighted by Gasteiger charge is -2.19. The number of fused-ring (bicyclic) bond motifs is 1. The van der Waals surface area contributed by atoms with Gasteiger partial charge in [0.05, 0.1) is 16.5 Å². The molecule has 6 heteroatoms. The third-order valence-corrected chi connectivity index (χ3v) is 4.54. The number of nitrogens with one attached hydrogen (secondary N) is 1. The summed E-state index contributed by atoms with van der Waals surface area (Å²) in [7, 11) is 3.59. The summed E-state index contributed by atoms with van der Waals surface area (Å²) in [5.74, 6) is -0.344. The first-order valence-electron chi connectivity index (χ1n) is 8.62. The third kappa shape index (κ3) is 3.89. The fourth-order valence-electron chi connectivity index (χ4n) is 3.04. The van der Waals surface area contributed by atoms with E-state index < -0.39 is 4.92 Å². The van der Waals surface area contributed by atoms with E-state index in [2.05, 4.69) is 5.32 Å². The topological polar surface area (TPSA) is 75.5 Å². The predicted molar refractivity (Wildman–Crippen MR) is 107 cm³/mol. The van der Waals surface area contributed by atoms with Crippen molar-refractivity contribution in [2.75, 3.05) is 19.0 Å². The van der Waals surface area contributed by atoms with Gasteiger partial charge in [-0.15, -0.1) is 0 Å². The van der Waals surface area contributed by atoms with Crippen LogP contribution >= 0.6 is 0 Å². The molecule has 0 saturated heterocycles. The van der Waals surface area contributed by atoms with Crippen LogP contribution in [-0.4, -0.2) is 24.9 Å². The summed E-state index contributed by atoms with van der Waals surface area (Å²) in [5.41, 5.74) is 1.77. The molecule has 3 rings (SSSR count). The number of amides is 1. The summed E-state index contributed by atoms with van der Waals surface area (Å²) in [6.07, 6.45) is 0. The molecule has 0 bridgehead atoms. The number of nitrogens with zero attached hydrogens (tertiary/aromatic N) is 2. The number of carbonyl (C=O) groups excluding carboxylic acids is 1. The molecule has 1 amide bonds. The Morgan fingerprint density at radius 3 is 2.41 bits per heavy atom. The molecular weight excluding hydrogens is 342 g/mol. The Morgan fingerprint density at radius 1 is 1.04 bits per heavy atom. The Labute approximate surface area is 157 Å². The second kappa shape index (κ2) is 7.45. The van der Waals surface area contributed by atoms with Crippen molar-refractivity contribution < 1.29 is 9.72 Å². The van der Waals surface area contributed by atoms with Gasteiger partial charge in [0.25, 0.3) is 11.6 Å². The van der Waals surface area contributed by atoms with Crippen molar-refractivity contribution in [2.24, 2.45) is 0 Å². The number of nitro groups is 1.